The van der Waals surface area contributed by atoms with Crippen LogP contribution in [0.3, 0.4) is 0 Å². The molecule has 0 unspecified atom stereocenters. The van der Waals surface area contributed by atoms with Crippen molar-refractivity contribution in [1.82, 2.24) is 4.98 Å². The second-order valence-corrected chi connectivity index (χ2v) is 2.34. The van der Waals surface area contributed by atoms with Crippen LogP contribution in [-0.4, -0.2) is 12.1 Å². The zero-order valence-corrected chi connectivity index (χ0v) is 6.92. The number of halogens is 2. The minimum atomic E-state index is -2.75. The first-order valence-electron chi connectivity index (χ1n) is 3.44. The minimum absolute atomic E-state index is 0.101. The van der Waals surface area contributed by atoms with Gasteiger partial charge in [-0.05, 0) is 0 Å². The molecule has 0 aromatic carbocycles. The molecule has 1 rings (SSSR count). The number of anilines is 2. The van der Waals surface area contributed by atoms with Gasteiger partial charge in [-0.3, -0.25) is 0 Å². The average molecular weight is 189 g/mol. The zero-order chi connectivity index (χ0) is 10.0. The molecule has 0 spiro atoms. The van der Waals surface area contributed by atoms with Crippen LogP contribution in [0, 0.1) is 0 Å². The Labute approximate surface area is 73.5 Å². The summed E-state index contributed by atoms with van der Waals surface area (Å²) < 4.78 is 29.4. The van der Waals surface area contributed by atoms with Gasteiger partial charge in [-0.15, -0.1) is 0 Å². The molecular weight excluding hydrogens is 180 g/mol. The summed E-state index contributed by atoms with van der Waals surface area (Å²) in [5.41, 5.74) is 9.95. The van der Waals surface area contributed by atoms with E-state index in [1.54, 1.807) is 0 Å². The lowest BCUT2D eigenvalue weighted by Crippen LogP contribution is -2.05. The summed E-state index contributed by atoms with van der Waals surface area (Å²) in [7, 11) is 1.32. The molecule has 0 radical (unpaired) electrons. The summed E-state index contributed by atoms with van der Waals surface area (Å²) in [6.07, 6.45) is -1.54. The first-order chi connectivity index (χ1) is 6.07. The van der Waals surface area contributed by atoms with Crippen LogP contribution < -0.4 is 16.2 Å². The molecule has 0 aliphatic heterocycles. The van der Waals surface area contributed by atoms with Crippen molar-refractivity contribution in [2.75, 3.05) is 18.6 Å². The molecule has 0 aliphatic rings. The number of hydrogen-bond donors (Lipinski definition) is 2. The van der Waals surface area contributed by atoms with Crippen molar-refractivity contribution < 1.29 is 13.5 Å². The zero-order valence-electron chi connectivity index (χ0n) is 6.92. The van der Waals surface area contributed by atoms with Crippen LogP contribution in [0.25, 0.3) is 0 Å². The van der Waals surface area contributed by atoms with E-state index in [1.807, 2.05) is 0 Å². The van der Waals surface area contributed by atoms with E-state index >= 15 is 0 Å². The van der Waals surface area contributed by atoms with Gasteiger partial charge >= 0.3 is 0 Å². The summed E-state index contributed by atoms with van der Waals surface area (Å²) in [6.45, 7) is 0. The Morgan fingerprint density at radius 3 is 2.54 bits per heavy atom. The van der Waals surface area contributed by atoms with Gasteiger partial charge in [0.05, 0.1) is 24.6 Å². The molecule has 0 fully saturated rings. The number of aromatic nitrogens is 1. The molecule has 0 saturated heterocycles. The maximum atomic E-state index is 12.3. The highest BCUT2D eigenvalue weighted by atomic mass is 19.3. The summed E-state index contributed by atoms with van der Waals surface area (Å²) in [4.78, 5) is 3.52. The van der Waals surface area contributed by atoms with Crippen molar-refractivity contribution in [1.29, 1.82) is 0 Å². The van der Waals surface area contributed by atoms with Crippen LogP contribution in [0.2, 0.25) is 0 Å². The molecule has 4 nitrogen and oxygen atoms in total. The van der Waals surface area contributed by atoms with Gasteiger partial charge in [-0.25, -0.2) is 13.8 Å². The Morgan fingerprint density at radius 1 is 1.46 bits per heavy atom. The van der Waals surface area contributed by atoms with Gasteiger partial charge in [0.25, 0.3) is 6.43 Å². The van der Waals surface area contributed by atoms with Crippen molar-refractivity contribution in [2.24, 2.45) is 0 Å². The maximum absolute atomic E-state index is 12.3. The molecule has 0 bridgehead atoms. The predicted molar refractivity (Wildman–Crippen MR) is 44.6 cm³/mol. The van der Waals surface area contributed by atoms with E-state index in [1.165, 1.54) is 13.3 Å². The van der Waals surface area contributed by atoms with Gasteiger partial charge in [0.15, 0.2) is 5.75 Å². The summed E-state index contributed by atoms with van der Waals surface area (Å²) in [6, 6.07) is 0. The van der Waals surface area contributed by atoms with Crippen LogP contribution in [0.4, 0.5) is 20.3 Å². The lowest BCUT2D eigenvalue weighted by atomic mass is 10.2. The number of rotatable bonds is 2. The van der Waals surface area contributed by atoms with Gasteiger partial charge < -0.3 is 16.2 Å². The molecule has 13 heavy (non-hydrogen) atoms. The van der Waals surface area contributed by atoms with Gasteiger partial charge in [0.2, 0.25) is 0 Å². The van der Waals surface area contributed by atoms with E-state index in [4.69, 9.17) is 16.2 Å². The van der Waals surface area contributed by atoms with Gasteiger partial charge in [-0.2, -0.15) is 0 Å². The molecule has 0 amide bonds. The van der Waals surface area contributed by atoms with E-state index in [0.29, 0.717) is 0 Å². The van der Waals surface area contributed by atoms with Crippen LogP contribution in [-0.2, 0) is 0 Å². The second kappa shape index (κ2) is 3.42. The normalized spacial score (nSPS) is 10.5. The van der Waals surface area contributed by atoms with Crippen LogP contribution in [0.15, 0.2) is 6.20 Å². The summed E-state index contributed by atoms with van der Waals surface area (Å²) >= 11 is 0. The SMILES string of the molecule is COc1cnc(N)c(C(F)F)c1N. The van der Waals surface area contributed by atoms with Crippen molar-refractivity contribution >= 4 is 11.5 Å². The number of nitrogens with two attached hydrogens (primary N) is 2. The van der Waals surface area contributed by atoms with E-state index < -0.39 is 12.0 Å². The molecule has 6 heteroatoms. The van der Waals surface area contributed by atoms with Crippen molar-refractivity contribution in [3.63, 3.8) is 0 Å². The third-order valence-electron chi connectivity index (χ3n) is 1.59. The van der Waals surface area contributed by atoms with Gasteiger partial charge in [-0.1, -0.05) is 0 Å². The Kier molecular flexibility index (Phi) is 2.50. The molecule has 0 aliphatic carbocycles. The standard InChI is InChI=1S/C7H9F2N3O/c1-13-3-2-12-7(11)4(5(3)10)6(8)9/h2,6H,1H3,(H4,10,11,12). The Hall–Kier alpha value is -1.59. The fourth-order valence-corrected chi connectivity index (χ4v) is 0.930. The highest BCUT2D eigenvalue weighted by molar-refractivity contribution is 5.65. The van der Waals surface area contributed by atoms with Crippen LogP contribution in [0.5, 0.6) is 5.75 Å². The van der Waals surface area contributed by atoms with E-state index in [2.05, 4.69) is 4.98 Å². The van der Waals surface area contributed by atoms with Crippen molar-refractivity contribution in [2.45, 2.75) is 6.43 Å². The predicted octanol–water partition coefficient (Wildman–Crippen LogP) is 1.19. The molecule has 0 atom stereocenters. The molecular formula is C7H9F2N3O. The van der Waals surface area contributed by atoms with E-state index in [-0.39, 0.29) is 17.3 Å². The lowest BCUT2D eigenvalue weighted by molar-refractivity contribution is 0.152. The Morgan fingerprint density at radius 2 is 2.08 bits per heavy atom. The Bertz CT molecular complexity index is 317. The highest BCUT2D eigenvalue weighted by Crippen LogP contribution is 2.34. The number of nitrogens with zero attached hydrogens (tertiary/aromatic N) is 1. The molecule has 72 valence electrons. The molecule has 1 heterocycles. The lowest BCUT2D eigenvalue weighted by Gasteiger charge is -2.10. The fourth-order valence-electron chi connectivity index (χ4n) is 0.930. The first kappa shape index (κ1) is 9.50. The summed E-state index contributed by atoms with van der Waals surface area (Å²) in [5, 5.41) is 0. The fraction of sp³-hybridized carbons (Fsp3) is 0.286. The van der Waals surface area contributed by atoms with Gasteiger partial charge in [0.1, 0.15) is 5.82 Å². The molecule has 0 saturated carbocycles. The maximum Gasteiger partial charge on any atom is 0.269 e. The van der Waals surface area contributed by atoms with E-state index in [9.17, 15) is 8.78 Å². The van der Waals surface area contributed by atoms with Crippen molar-refractivity contribution in [3.05, 3.63) is 11.8 Å². The number of ether oxygens (including phenoxy) is 1. The molecule has 1 aromatic heterocycles. The molecule has 1 aromatic rings. The Balaban J connectivity index is 3.30. The third-order valence-corrected chi connectivity index (χ3v) is 1.59. The topological polar surface area (TPSA) is 74.2 Å². The summed E-state index contributed by atoms with van der Waals surface area (Å²) in [5.74, 6) is -0.169. The second-order valence-electron chi connectivity index (χ2n) is 2.34. The minimum Gasteiger partial charge on any atom is -0.493 e. The number of hydrogen-bond acceptors (Lipinski definition) is 4. The number of nitrogen functional groups attached to an aromatic ring is 2. The highest BCUT2D eigenvalue weighted by Gasteiger charge is 2.19. The van der Waals surface area contributed by atoms with Gasteiger partial charge in [0, 0.05) is 0 Å². The third kappa shape index (κ3) is 1.61. The number of methoxy groups -OCH3 is 1. The largest absolute Gasteiger partial charge is 0.493 e. The monoisotopic (exact) mass is 189 g/mol. The average Bonchev–Trinajstić information content (AvgIpc) is 2.04. The number of pyridine rings is 1. The molecule has 4 N–H and O–H groups in total. The first-order valence-corrected chi connectivity index (χ1v) is 3.44. The van der Waals surface area contributed by atoms with Crippen molar-refractivity contribution in [3.8, 4) is 5.75 Å². The van der Waals surface area contributed by atoms with E-state index in [0.717, 1.165) is 0 Å². The number of alkyl halides is 2. The van der Waals surface area contributed by atoms with Crippen LogP contribution in [0.1, 0.15) is 12.0 Å². The van der Waals surface area contributed by atoms with Crippen LogP contribution >= 0.6 is 0 Å². The quantitative estimate of drug-likeness (QED) is 0.732. The smallest absolute Gasteiger partial charge is 0.269 e.